The molecule has 20 heavy (non-hydrogen) atoms. The van der Waals surface area contributed by atoms with E-state index in [0.29, 0.717) is 30.5 Å². The minimum Gasteiger partial charge on any atom is -0.338 e. The summed E-state index contributed by atoms with van der Waals surface area (Å²) >= 11 is 1.95. The van der Waals surface area contributed by atoms with E-state index in [4.69, 9.17) is 0 Å². The fourth-order valence-corrected chi connectivity index (χ4v) is 4.51. The van der Waals surface area contributed by atoms with E-state index >= 15 is 0 Å². The van der Waals surface area contributed by atoms with Crippen molar-refractivity contribution in [1.29, 1.82) is 0 Å². The van der Waals surface area contributed by atoms with Crippen molar-refractivity contribution in [2.24, 2.45) is 0 Å². The maximum atomic E-state index is 12.0. The smallest absolute Gasteiger partial charge is 0.224 e. The van der Waals surface area contributed by atoms with Gasteiger partial charge in [-0.25, -0.2) is 0 Å². The molecule has 3 nitrogen and oxygen atoms in total. The van der Waals surface area contributed by atoms with Crippen molar-refractivity contribution in [1.82, 2.24) is 10.2 Å². The van der Waals surface area contributed by atoms with Crippen LogP contribution in [0.25, 0.3) is 0 Å². The number of fused-ring (bicyclic) bond motifs is 1. The lowest BCUT2D eigenvalue weighted by atomic mass is 10.0. The first kappa shape index (κ1) is 12.7. The summed E-state index contributed by atoms with van der Waals surface area (Å²) in [5, 5.41) is 3.74. The van der Waals surface area contributed by atoms with Crippen LogP contribution in [-0.2, 0) is 4.79 Å². The van der Waals surface area contributed by atoms with Crippen LogP contribution in [0.1, 0.15) is 37.3 Å². The van der Waals surface area contributed by atoms with Gasteiger partial charge in [0.15, 0.2) is 0 Å². The van der Waals surface area contributed by atoms with E-state index in [0.717, 1.165) is 13.0 Å². The molecule has 4 heteroatoms. The Bertz CT molecular complexity index is 529. The van der Waals surface area contributed by atoms with Gasteiger partial charge in [-0.15, -0.1) is 11.8 Å². The summed E-state index contributed by atoms with van der Waals surface area (Å²) in [6.07, 6.45) is 4.26. The molecule has 4 rings (SSSR count). The maximum Gasteiger partial charge on any atom is 0.224 e. The number of nitrogens with zero attached hydrogens (tertiary/aromatic N) is 1. The first-order chi connectivity index (χ1) is 9.81. The van der Waals surface area contributed by atoms with Crippen LogP contribution in [0.4, 0.5) is 0 Å². The van der Waals surface area contributed by atoms with Crippen LogP contribution < -0.4 is 5.32 Å². The third kappa shape index (κ3) is 2.35. The number of carbonyl (C=O) groups excluding carboxylic acids is 1. The van der Waals surface area contributed by atoms with Crippen molar-refractivity contribution in [3.05, 3.63) is 29.8 Å². The van der Waals surface area contributed by atoms with Crippen LogP contribution in [0.15, 0.2) is 29.2 Å². The van der Waals surface area contributed by atoms with Gasteiger partial charge < -0.3 is 10.2 Å². The molecule has 2 atom stereocenters. The molecule has 1 saturated heterocycles. The Kier molecular flexibility index (Phi) is 3.23. The fourth-order valence-electron chi connectivity index (χ4n) is 3.38. The summed E-state index contributed by atoms with van der Waals surface area (Å²) in [6.45, 7) is 0.912. The molecular weight excluding hydrogens is 268 g/mol. The molecule has 0 radical (unpaired) electrons. The van der Waals surface area contributed by atoms with E-state index in [2.05, 4.69) is 34.5 Å². The summed E-state index contributed by atoms with van der Waals surface area (Å²) < 4.78 is 0. The normalized spacial score (nSPS) is 29.6. The SMILES string of the molecule is O=C1CC(NC2CCSc3ccccc32)CN1C1CC1. The quantitative estimate of drug-likeness (QED) is 0.928. The number of hydrogen-bond acceptors (Lipinski definition) is 3. The predicted molar refractivity (Wildman–Crippen MR) is 80.8 cm³/mol. The molecule has 0 aromatic heterocycles. The van der Waals surface area contributed by atoms with Gasteiger partial charge in [-0.05, 0) is 36.6 Å². The van der Waals surface area contributed by atoms with E-state index in [1.165, 1.54) is 29.1 Å². The van der Waals surface area contributed by atoms with Crippen LogP contribution in [0.5, 0.6) is 0 Å². The number of hydrogen-bond donors (Lipinski definition) is 1. The van der Waals surface area contributed by atoms with Crippen LogP contribution >= 0.6 is 11.8 Å². The van der Waals surface area contributed by atoms with Crippen molar-refractivity contribution >= 4 is 17.7 Å². The highest BCUT2D eigenvalue weighted by Gasteiger charge is 2.40. The molecule has 2 aliphatic heterocycles. The van der Waals surface area contributed by atoms with Crippen LogP contribution in [0.3, 0.4) is 0 Å². The lowest BCUT2D eigenvalue weighted by Crippen LogP contribution is -2.37. The van der Waals surface area contributed by atoms with Crippen LogP contribution in [0, 0.1) is 0 Å². The van der Waals surface area contributed by atoms with E-state index in [1.807, 2.05) is 11.8 Å². The zero-order valence-corrected chi connectivity index (χ0v) is 12.4. The lowest BCUT2D eigenvalue weighted by Gasteiger charge is -2.28. The van der Waals surface area contributed by atoms with Crippen molar-refractivity contribution in [3.8, 4) is 0 Å². The Hall–Kier alpha value is -1.00. The molecule has 1 aliphatic carbocycles. The van der Waals surface area contributed by atoms with Gasteiger partial charge in [-0.3, -0.25) is 4.79 Å². The topological polar surface area (TPSA) is 32.3 Å². The average molecular weight is 288 g/mol. The zero-order valence-electron chi connectivity index (χ0n) is 11.5. The van der Waals surface area contributed by atoms with E-state index in [1.54, 1.807) is 0 Å². The molecule has 1 aromatic rings. The molecule has 1 saturated carbocycles. The molecule has 1 amide bonds. The number of carbonyl (C=O) groups is 1. The van der Waals surface area contributed by atoms with Crippen LogP contribution in [0.2, 0.25) is 0 Å². The van der Waals surface area contributed by atoms with Gasteiger partial charge in [0.1, 0.15) is 0 Å². The molecule has 3 aliphatic rings. The van der Waals surface area contributed by atoms with Gasteiger partial charge in [-0.1, -0.05) is 18.2 Å². The van der Waals surface area contributed by atoms with Crippen molar-refractivity contribution in [3.63, 3.8) is 0 Å². The first-order valence-corrected chi connectivity index (χ1v) is 8.57. The second-order valence-corrected chi connectivity index (χ2v) is 7.21. The molecule has 2 heterocycles. The van der Waals surface area contributed by atoms with Gasteiger partial charge in [0, 0.05) is 36.0 Å². The molecule has 106 valence electrons. The molecular formula is C16H20N2OS. The number of thioether (sulfide) groups is 1. The molecule has 0 spiro atoms. The highest BCUT2D eigenvalue weighted by molar-refractivity contribution is 7.99. The van der Waals surface area contributed by atoms with Gasteiger partial charge in [0.2, 0.25) is 5.91 Å². The average Bonchev–Trinajstić information content (AvgIpc) is 3.24. The Morgan fingerprint density at radius 3 is 2.90 bits per heavy atom. The molecule has 1 N–H and O–H groups in total. The standard InChI is InChI=1S/C16H20N2OS/c19-16-9-11(10-18(16)12-5-6-12)17-14-7-8-20-15-4-2-1-3-13(14)15/h1-4,11-12,14,17H,5-10H2. The summed E-state index contributed by atoms with van der Waals surface area (Å²) in [4.78, 5) is 15.5. The number of likely N-dealkylation sites (tertiary alicyclic amines) is 1. The number of benzene rings is 1. The fraction of sp³-hybridized carbons (Fsp3) is 0.562. The first-order valence-electron chi connectivity index (χ1n) is 7.58. The summed E-state index contributed by atoms with van der Waals surface area (Å²) in [6, 6.07) is 9.99. The van der Waals surface area contributed by atoms with Crippen molar-refractivity contribution < 1.29 is 4.79 Å². The Morgan fingerprint density at radius 2 is 2.05 bits per heavy atom. The van der Waals surface area contributed by atoms with Gasteiger partial charge in [0.25, 0.3) is 0 Å². The monoisotopic (exact) mass is 288 g/mol. The highest BCUT2D eigenvalue weighted by Crippen LogP contribution is 2.37. The number of rotatable bonds is 3. The Balaban J connectivity index is 1.46. The minimum absolute atomic E-state index is 0.337. The number of amides is 1. The molecule has 0 bridgehead atoms. The molecule has 1 aromatic carbocycles. The van der Waals surface area contributed by atoms with E-state index in [9.17, 15) is 4.79 Å². The largest absolute Gasteiger partial charge is 0.338 e. The summed E-state index contributed by atoms with van der Waals surface area (Å²) in [5.41, 5.74) is 1.42. The second-order valence-electron chi connectivity index (χ2n) is 6.07. The van der Waals surface area contributed by atoms with E-state index < -0.39 is 0 Å². The van der Waals surface area contributed by atoms with E-state index in [-0.39, 0.29) is 0 Å². The molecule has 2 unspecified atom stereocenters. The maximum absolute atomic E-state index is 12.0. The Labute approximate surface area is 124 Å². The third-order valence-electron chi connectivity index (χ3n) is 4.54. The molecule has 2 fully saturated rings. The Morgan fingerprint density at radius 1 is 1.20 bits per heavy atom. The van der Waals surface area contributed by atoms with Crippen molar-refractivity contribution in [2.45, 2.75) is 48.7 Å². The highest BCUT2D eigenvalue weighted by atomic mass is 32.2. The summed E-state index contributed by atoms with van der Waals surface area (Å²) in [5.74, 6) is 1.52. The zero-order chi connectivity index (χ0) is 13.5. The second kappa shape index (κ2) is 5.08. The number of nitrogens with one attached hydrogen (secondary N) is 1. The van der Waals surface area contributed by atoms with Gasteiger partial charge >= 0.3 is 0 Å². The predicted octanol–water partition coefficient (Wildman–Crippen LogP) is 2.58. The lowest BCUT2D eigenvalue weighted by molar-refractivity contribution is -0.128. The minimum atomic E-state index is 0.337. The summed E-state index contributed by atoms with van der Waals surface area (Å²) in [7, 11) is 0. The van der Waals surface area contributed by atoms with Crippen molar-refractivity contribution in [2.75, 3.05) is 12.3 Å². The van der Waals surface area contributed by atoms with Crippen LogP contribution in [-0.4, -0.2) is 35.2 Å². The van der Waals surface area contributed by atoms with Gasteiger partial charge in [0.05, 0.1) is 0 Å². The van der Waals surface area contributed by atoms with Gasteiger partial charge in [-0.2, -0.15) is 0 Å². The third-order valence-corrected chi connectivity index (χ3v) is 5.66.